The predicted molar refractivity (Wildman–Crippen MR) is 101 cm³/mol. The molecule has 0 fully saturated rings. The number of rotatable bonds is 4. The van der Waals surface area contributed by atoms with Gasteiger partial charge in [0.25, 0.3) is 11.5 Å². The molecule has 2 aromatic heterocycles. The quantitative estimate of drug-likeness (QED) is 0.565. The number of benzene rings is 2. The van der Waals surface area contributed by atoms with Gasteiger partial charge < -0.3 is 19.7 Å². The third-order valence-corrected chi connectivity index (χ3v) is 4.13. The SMILES string of the molecule is Cn1c(=O)c(Nc2ccc(C(=O)Nc3ccon3)cc2)nc2ccc(F)cc21. The zero-order valence-corrected chi connectivity index (χ0v) is 14.6. The topological polar surface area (TPSA) is 102 Å². The van der Waals surface area contributed by atoms with Crippen molar-refractivity contribution < 1.29 is 13.7 Å². The van der Waals surface area contributed by atoms with Gasteiger partial charge in [0.2, 0.25) is 0 Å². The molecule has 0 bridgehead atoms. The summed E-state index contributed by atoms with van der Waals surface area (Å²) in [7, 11) is 1.55. The van der Waals surface area contributed by atoms with Gasteiger partial charge >= 0.3 is 0 Å². The van der Waals surface area contributed by atoms with Crippen molar-refractivity contribution in [1.82, 2.24) is 14.7 Å². The first-order valence-electron chi connectivity index (χ1n) is 8.26. The lowest BCUT2D eigenvalue weighted by Crippen LogP contribution is -2.22. The Morgan fingerprint density at radius 2 is 1.93 bits per heavy atom. The highest BCUT2D eigenvalue weighted by Gasteiger charge is 2.11. The van der Waals surface area contributed by atoms with E-state index in [4.69, 9.17) is 0 Å². The number of fused-ring (bicyclic) bond motifs is 1. The van der Waals surface area contributed by atoms with E-state index < -0.39 is 11.4 Å². The maximum Gasteiger partial charge on any atom is 0.293 e. The molecular weight excluding hydrogens is 365 g/mol. The molecule has 28 heavy (non-hydrogen) atoms. The van der Waals surface area contributed by atoms with E-state index >= 15 is 0 Å². The van der Waals surface area contributed by atoms with E-state index in [2.05, 4.69) is 25.3 Å². The molecule has 0 aliphatic rings. The summed E-state index contributed by atoms with van der Waals surface area (Å²) in [5.41, 5.74) is 1.46. The van der Waals surface area contributed by atoms with Crippen LogP contribution in [-0.4, -0.2) is 20.6 Å². The van der Waals surface area contributed by atoms with Gasteiger partial charge in [-0.15, -0.1) is 0 Å². The number of carbonyl (C=O) groups is 1. The minimum absolute atomic E-state index is 0.0985. The zero-order chi connectivity index (χ0) is 19.7. The highest BCUT2D eigenvalue weighted by Crippen LogP contribution is 2.17. The Morgan fingerprint density at radius 3 is 2.64 bits per heavy atom. The van der Waals surface area contributed by atoms with Crippen LogP contribution < -0.4 is 16.2 Å². The second kappa shape index (κ2) is 6.95. The monoisotopic (exact) mass is 379 g/mol. The smallest absolute Gasteiger partial charge is 0.293 e. The molecule has 2 N–H and O–H groups in total. The molecule has 2 heterocycles. The van der Waals surface area contributed by atoms with Crippen LogP contribution in [0.1, 0.15) is 10.4 Å². The van der Waals surface area contributed by atoms with Crippen molar-refractivity contribution in [2.24, 2.45) is 7.05 Å². The fourth-order valence-electron chi connectivity index (χ4n) is 2.68. The van der Waals surface area contributed by atoms with Crippen LogP contribution in [0, 0.1) is 5.82 Å². The van der Waals surface area contributed by atoms with Gasteiger partial charge in [-0.3, -0.25) is 9.59 Å². The lowest BCUT2D eigenvalue weighted by molar-refractivity contribution is 0.102. The summed E-state index contributed by atoms with van der Waals surface area (Å²) < 4.78 is 19.4. The van der Waals surface area contributed by atoms with Gasteiger partial charge in [-0.2, -0.15) is 0 Å². The summed E-state index contributed by atoms with van der Waals surface area (Å²) in [6.45, 7) is 0. The van der Waals surface area contributed by atoms with E-state index in [1.165, 1.54) is 35.1 Å². The number of hydrogen-bond acceptors (Lipinski definition) is 6. The molecule has 2 aromatic carbocycles. The number of carbonyl (C=O) groups excluding carboxylic acids is 1. The molecule has 1 amide bonds. The van der Waals surface area contributed by atoms with Gasteiger partial charge in [-0.05, 0) is 42.5 Å². The Morgan fingerprint density at radius 1 is 1.14 bits per heavy atom. The first kappa shape index (κ1) is 17.4. The first-order chi connectivity index (χ1) is 13.5. The lowest BCUT2D eigenvalue weighted by atomic mass is 10.2. The van der Waals surface area contributed by atoms with E-state index in [0.29, 0.717) is 28.1 Å². The molecule has 0 unspecified atom stereocenters. The standard InChI is InChI=1S/C19H14FN5O3/c1-25-15-10-12(20)4-7-14(15)22-17(19(25)27)21-13-5-2-11(3-6-13)18(26)23-16-8-9-28-24-16/h2-10H,1H3,(H,21,22)(H,23,24,26). The summed E-state index contributed by atoms with van der Waals surface area (Å²) in [6, 6.07) is 12.1. The predicted octanol–water partition coefficient (Wildman–Crippen LogP) is 3.06. The Labute approximate surface area is 157 Å². The number of aryl methyl sites for hydroxylation is 1. The van der Waals surface area contributed by atoms with Gasteiger partial charge in [0, 0.05) is 24.4 Å². The Balaban J connectivity index is 1.58. The molecule has 0 aliphatic heterocycles. The van der Waals surface area contributed by atoms with Crippen molar-refractivity contribution >= 4 is 34.3 Å². The van der Waals surface area contributed by atoms with Crippen LogP contribution in [0.15, 0.2) is 64.1 Å². The second-order valence-electron chi connectivity index (χ2n) is 6.00. The van der Waals surface area contributed by atoms with Crippen LogP contribution in [0.3, 0.4) is 0 Å². The molecule has 4 aromatic rings. The van der Waals surface area contributed by atoms with Gasteiger partial charge in [0.05, 0.1) is 11.0 Å². The number of hydrogen-bond donors (Lipinski definition) is 2. The number of nitrogens with zero attached hydrogens (tertiary/aromatic N) is 3. The molecule has 8 nitrogen and oxygen atoms in total. The van der Waals surface area contributed by atoms with E-state index in [0.717, 1.165) is 0 Å². The highest BCUT2D eigenvalue weighted by atomic mass is 19.1. The molecule has 0 spiro atoms. The largest absolute Gasteiger partial charge is 0.363 e. The zero-order valence-electron chi connectivity index (χ0n) is 14.6. The number of amides is 1. The van der Waals surface area contributed by atoms with Gasteiger partial charge in [0.1, 0.15) is 12.1 Å². The normalized spacial score (nSPS) is 10.8. The fourth-order valence-corrected chi connectivity index (χ4v) is 2.68. The van der Waals surface area contributed by atoms with Crippen molar-refractivity contribution in [1.29, 1.82) is 0 Å². The lowest BCUT2D eigenvalue weighted by Gasteiger charge is -2.10. The van der Waals surface area contributed by atoms with Crippen molar-refractivity contribution in [2.45, 2.75) is 0 Å². The molecule has 0 aliphatic carbocycles. The number of nitrogens with one attached hydrogen (secondary N) is 2. The number of aromatic nitrogens is 3. The summed E-state index contributed by atoms with van der Waals surface area (Å²) >= 11 is 0. The minimum Gasteiger partial charge on any atom is -0.363 e. The van der Waals surface area contributed by atoms with Crippen LogP contribution in [0.2, 0.25) is 0 Å². The Hall–Kier alpha value is -4.01. The molecule has 140 valence electrons. The van der Waals surface area contributed by atoms with E-state index in [-0.39, 0.29) is 11.7 Å². The molecule has 4 rings (SSSR count). The average molecular weight is 379 g/mol. The van der Waals surface area contributed by atoms with Crippen molar-refractivity contribution in [2.75, 3.05) is 10.6 Å². The van der Waals surface area contributed by atoms with Crippen LogP contribution in [-0.2, 0) is 7.05 Å². The van der Waals surface area contributed by atoms with Gasteiger partial charge in [0.15, 0.2) is 11.6 Å². The Kier molecular flexibility index (Phi) is 4.32. The van der Waals surface area contributed by atoms with Crippen molar-refractivity contribution in [3.05, 3.63) is 76.5 Å². The number of anilines is 3. The molecule has 0 atom stereocenters. The first-order valence-corrected chi connectivity index (χ1v) is 8.26. The summed E-state index contributed by atoms with van der Waals surface area (Å²) in [6.07, 6.45) is 1.36. The minimum atomic E-state index is -0.440. The molecular formula is C19H14FN5O3. The summed E-state index contributed by atoms with van der Waals surface area (Å²) in [5, 5.41) is 9.14. The Bertz CT molecular complexity index is 1220. The third-order valence-electron chi connectivity index (χ3n) is 4.13. The maximum atomic E-state index is 13.4. The second-order valence-corrected chi connectivity index (χ2v) is 6.00. The molecule has 0 saturated heterocycles. The summed E-state index contributed by atoms with van der Waals surface area (Å²) in [4.78, 5) is 28.9. The molecule has 0 saturated carbocycles. The van der Waals surface area contributed by atoms with Crippen LogP contribution >= 0.6 is 0 Å². The van der Waals surface area contributed by atoms with E-state index in [9.17, 15) is 14.0 Å². The van der Waals surface area contributed by atoms with Crippen LogP contribution in [0.5, 0.6) is 0 Å². The van der Waals surface area contributed by atoms with Crippen LogP contribution in [0.4, 0.5) is 21.7 Å². The van der Waals surface area contributed by atoms with Crippen LogP contribution in [0.25, 0.3) is 11.0 Å². The van der Waals surface area contributed by atoms with Gasteiger partial charge in [-0.1, -0.05) is 5.16 Å². The maximum absolute atomic E-state index is 13.4. The third kappa shape index (κ3) is 3.32. The fraction of sp³-hybridized carbons (Fsp3) is 0.0526. The van der Waals surface area contributed by atoms with E-state index in [1.54, 1.807) is 31.3 Å². The highest BCUT2D eigenvalue weighted by molar-refractivity contribution is 6.03. The number of halogens is 1. The molecule has 9 heteroatoms. The molecule has 0 radical (unpaired) electrons. The van der Waals surface area contributed by atoms with Gasteiger partial charge in [-0.25, -0.2) is 9.37 Å². The summed E-state index contributed by atoms with van der Waals surface area (Å²) in [5.74, 6) is -0.374. The van der Waals surface area contributed by atoms with E-state index in [1.807, 2.05) is 0 Å². The average Bonchev–Trinajstić information content (AvgIpc) is 3.20. The van der Waals surface area contributed by atoms with Crippen molar-refractivity contribution in [3.63, 3.8) is 0 Å². The van der Waals surface area contributed by atoms with Crippen molar-refractivity contribution in [3.8, 4) is 0 Å².